The molecule has 112 valence electrons. The molecule has 21 heavy (non-hydrogen) atoms. The Morgan fingerprint density at radius 1 is 1.14 bits per heavy atom. The molecule has 0 spiro atoms. The molecule has 0 aromatic heterocycles. The first kappa shape index (κ1) is 15.3. The molecule has 0 atom stereocenters. The average molecular weight is 317 g/mol. The maximum Gasteiger partial charge on any atom is 0.573 e. The highest BCUT2D eigenvalue weighted by molar-refractivity contribution is 6.33. The molecule has 0 aliphatic heterocycles. The Balaban J connectivity index is 2.16. The summed E-state index contributed by atoms with van der Waals surface area (Å²) >= 11 is 5.94. The summed E-state index contributed by atoms with van der Waals surface area (Å²) in [5.41, 5.74) is 8.34. The number of nitrogens with two attached hydrogens (primary N) is 1. The Labute approximate surface area is 124 Å². The Hall–Kier alpha value is -2.08. The molecular weight excluding hydrogens is 305 g/mol. The van der Waals surface area contributed by atoms with Gasteiger partial charge in [0.1, 0.15) is 5.75 Å². The van der Waals surface area contributed by atoms with Gasteiger partial charge in [0.2, 0.25) is 0 Å². The minimum absolute atomic E-state index is 0.278. The average Bonchev–Trinajstić information content (AvgIpc) is 2.36. The van der Waals surface area contributed by atoms with Gasteiger partial charge in [-0.3, -0.25) is 0 Å². The third-order valence-electron chi connectivity index (χ3n) is 2.71. The van der Waals surface area contributed by atoms with Crippen molar-refractivity contribution in [1.29, 1.82) is 0 Å². The van der Waals surface area contributed by atoms with Gasteiger partial charge in [0, 0.05) is 11.4 Å². The van der Waals surface area contributed by atoms with E-state index < -0.39 is 6.36 Å². The third-order valence-corrected chi connectivity index (χ3v) is 3.04. The minimum atomic E-state index is -4.70. The third kappa shape index (κ3) is 4.19. The number of aryl methyl sites for hydroxylation is 1. The van der Waals surface area contributed by atoms with Crippen molar-refractivity contribution in [2.24, 2.45) is 0 Å². The van der Waals surface area contributed by atoms with Gasteiger partial charge in [-0.05, 0) is 48.9 Å². The molecule has 0 fully saturated rings. The fourth-order valence-corrected chi connectivity index (χ4v) is 1.90. The molecule has 3 nitrogen and oxygen atoms in total. The molecular formula is C14H12ClF3N2O. The van der Waals surface area contributed by atoms with Crippen LogP contribution >= 0.6 is 11.6 Å². The van der Waals surface area contributed by atoms with E-state index in [1.54, 1.807) is 12.1 Å². The molecule has 0 saturated heterocycles. The van der Waals surface area contributed by atoms with Crippen LogP contribution in [-0.2, 0) is 0 Å². The monoisotopic (exact) mass is 316 g/mol. The first-order valence-corrected chi connectivity index (χ1v) is 6.31. The van der Waals surface area contributed by atoms with Crippen LogP contribution in [0, 0.1) is 6.92 Å². The smallest absolute Gasteiger partial charge is 0.406 e. The van der Waals surface area contributed by atoms with E-state index in [0.717, 1.165) is 11.3 Å². The van der Waals surface area contributed by atoms with E-state index in [1.807, 2.05) is 6.92 Å². The van der Waals surface area contributed by atoms with Gasteiger partial charge in [-0.15, -0.1) is 13.2 Å². The second kappa shape index (κ2) is 5.73. The molecule has 0 aliphatic carbocycles. The highest BCUT2D eigenvalue weighted by atomic mass is 35.5. The van der Waals surface area contributed by atoms with Crippen molar-refractivity contribution in [3.63, 3.8) is 0 Å². The normalized spacial score (nSPS) is 11.3. The number of halogens is 4. The molecule has 2 rings (SSSR count). The van der Waals surface area contributed by atoms with E-state index in [2.05, 4.69) is 10.1 Å². The van der Waals surface area contributed by atoms with Crippen molar-refractivity contribution in [1.82, 2.24) is 0 Å². The number of nitrogen functional groups attached to an aromatic ring is 1. The van der Waals surface area contributed by atoms with Gasteiger partial charge in [-0.25, -0.2) is 0 Å². The number of hydrogen-bond donors (Lipinski definition) is 2. The van der Waals surface area contributed by atoms with Gasteiger partial charge in [0.05, 0.1) is 10.7 Å². The molecule has 2 aromatic rings. The van der Waals surface area contributed by atoms with Crippen LogP contribution in [0.5, 0.6) is 5.75 Å². The topological polar surface area (TPSA) is 47.3 Å². The lowest BCUT2D eigenvalue weighted by molar-refractivity contribution is -0.274. The minimum Gasteiger partial charge on any atom is -0.406 e. The second-order valence-corrected chi connectivity index (χ2v) is 4.79. The molecule has 0 aliphatic rings. The lowest BCUT2D eigenvalue weighted by Crippen LogP contribution is -2.16. The molecule has 3 N–H and O–H groups in total. The fraction of sp³-hybridized carbons (Fsp3) is 0.143. The van der Waals surface area contributed by atoms with Gasteiger partial charge < -0.3 is 15.8 Å². The summed E-state index contributed by atoms with van der Waals surface area (Å²) in [6.07, 6.45) is -4.70. The highest BCUT2D eigenvalue weighted by Crippen LogP contribution is 2.30. The van der Waals surface area contributed by atoms with E-state index >= 15 is 0 Å². The molecule has 0 unspecified atom stereocenters. The van der Waals surface area contributed by atoms with Gasteiger partial charge in [-0.2, -0.15) is 0 Å². The van der Waals surface area contributed by atoms with E-state index in [9.17, 15) is 13.2 Å². The van der Waals surface area contributed by atoms with E-state index in [1.165, 1.54) is 24.3 Å². The van der Waals surface area contributed by atoms with Gasteiger partial charge in [-0.1, -0.05) is 11.6 Å². The highest BCUT2D eigenvalue weighted by Gasteiger charge is 2.30. The molecule has 7 heteroatoms. The van der Waals surface area contributed by atoms with E-state index in [0.29, 0.717) is 16.4 Å². The molecule has 0 radical (unpaired) electrons. The largest absolute Gasteiger partial charge is 0.573 e. The van der Waals surface area contributed by atoms with Crippen LogP contribution in [0.3, 0.4) is 0 Å². The van der Waals surface area contributed by atoms with Crippen LogP contribution in [0.25, 0.3) is 0 Å². The van der Waals surface area contributed by atoms with Crippen LogP contribution in [0.1, 0.15) is 5.56 Å². The summed E-state index contributed by atoms with van der Waals surface area (Å²) in [7, 11) is 0. The van der Waals surface area contributed by atoms with E-state index in [-0.39, 0.29) is 5.75 Å². The maximum atomic E-state index is 12.1. The summed E-state index contributed by atoms with van der Waals surface area (Å²) in [4.78, 5) is 0. The molecule has 0 saturated carbocycles. The zero-order valence-corrected chi connectivity index (χ0v) is 11.7. The fourth-order valence-electron chi connectivity index (χ4n) is 1.73. The van der Waals surface area contributed by atoms with Crippen LogP contribution in [0.2, 0.25) is 5.02 Å². The van der Waals surface area contributed by atoms with Crippen molar-refractivity contribution in [2.75, 3.05) is 11.1 Å². The van der Waals surface area contributed by atoms with Gasteiger partial charge in [0.25, 0.3) is 0 Å². The standard InChI is InChI=1S/C14H12ClF3N2O/c1-8-6-12(19)11(15)7-13(8)20-9-2-4-10(5-3-9)21-14(16,17)18/h2-7,20H,19H2,1H3. The number of alkyl halides is 3. The summed E-state index contributed by atoms with van der Waals surface area (Å²) in [5.74, 6) is -0.278. The summed E-state index contributed by atoms with van der Waals surface area (Å²) in [5, 5.41) is 3.46. The van der Waals surface area contributed by atoms with Crippen LogP contribution in [0.4, 0.5) is 30.2 Å². The molecule has 0 amide bonds. The molecule has 0 heterocycles. The molecule has 2 aromatic carbocycles. The number of anilines is 3. The predicted octanol–water partition coefficient (Wildman–Crippen LogP) is 4.87. The Morgan fingerprint density at radius 3 is 2.33 bits per heavy atom. The summed E-state index contributed by atoms with van der Waals surface area (Å²) < 4.78 is 40.0. The lowest BCUT2D eigenvalue weighted by atomic mass is 10.1. The summed E-state index contributed by atoms with van der Waals surface area (Å²) in [6, 6.07) is 8.78. The number of nitrogens with one attached hydrogen (secondary N) is 1. The van der Waals surface area contributed by atoms with Crippen molar-refractivity contribution in [3.05, 3.63) is 47.0 Å². The first-order valence-electron chi connectivity index (χ1n) is 5.93. The maximum absolute atomic E-state index is 12.1. The Bertz CT molecular complexity index is 642. The van der Waals surface area contributed by atoms with E-state index in [4.69, 9.17) is 17.3 Å². The number of ether oxygens (including phenoxy) is 1. The lowest BCUT2D eigenvalue weighted by Gasteiger charge is -2.13. The second-order valence-electron chi connectivity index (χ2n) is 4.39. The van der Waals surface area contributed by atoms with Crippen LogP contribution < -0.4 is 15.8 Å². The van der Waals surface area contributed by atoms with Gasteiger partial charge in [0.15, 0.2) is 0 Å². The van der Waals surface area contributed by atoms with Crippen molar-refractivity contribution in [3.8, 4) is 5.75 Å². The number of benzene rings is 2. The Morgan fingerprint density at radius 2 is 1.76 bits per heavy atom. The number of rotatable bonds is 3. The quantitative estimate of drug-likeness (QED) is 0.794. The van der Waals surface area contributed by atoms with Gasteiger partial charge >= 0.3 is 6.36 Å². The zero-order chi connectivity index (χ0) is 15.6. The van der Waals surface area contributed by atoms with Crippen LogP contribution in [0.15, 0.2) is 36.4 Å². The summed E-state index contributed by atoms with van der Waals surface area (Å²) in [6.45, 7) is 1.84. The van der Waals surface area contributed by atoms with Crippen molar-refractivity contribution < 1.29 is 17.9 Å². The number of hydrogen-bond acceptors (Lipinski definition) is 3. The van der Waals surface area contributed by atoms with Crippen LogP contribution in [-0.4, -0.2) is 6.36 Å². The predicted molar refractivity (Wildman–Crippen MR) is 77.0 cm³/mol. The first-order chi connectivity index (χ1) is 9.74. The SMILES string of the molecule is Cc1cc(N)c(Cl)cc1Nc1ccc(OC(F)(F)F)cc1. The Kier molecular flexibility index (Phi) is 4.18. The van der Waals surface area contributed by atoms with Crippen molar-refractivity contribution >= 4 is 28.7 Å². The molecule has 0 bridgehead atoms. The van der Waals surface area contributed by atoms with Crippen molar-refractivity contribution in [2.45, 2.75) is 13.3 Å². The zero-order valence-electron chi connectivity index (χ0n) is 11.0.